The van der Waals surface area contributed by atoms with Gasteiger partial charge in [-0.05, 0) is 6.07 Å². The number of fused-ring (bicyclic) bond motifs is 1. The molecule has 0 atom stereocenters. The van der Waals surface area contributed by atoms with Gasteiger partial charge < -0.3 is 24.3 Å². The third-order valence-electron chi connectivity index (χ3n) is 3.79. The Hall–Kier alpha value is -1.09. The van der Waals surface area contributed by atoms with Crippen LogP contribution in [0.2, 0.25) is 0 Å². The van der Waals surface area contributed by atoms with E-state index >= 15 is 0 Å². The number of carbonyl (C=O) groups is 1. The molecule has 29 heavy (non-hydrogen) atoms. The number of ketones is 1. The van der Waals surface area contributed by atoms with Gasteiger partial charge in [0.25, 0.3) is 0 Å². The summed E-state index contributed by atoms with van der Waals surface area (Å²) in [5, 5.41) is 11.1. The van der Waals surface area contributed by atoms with Crippen molar-refractivity contribution < 1.29 is 78.1 Å². The van der Waals surface area contributed by atoms with Gasteiger partial charge in [0.05, 0.1) is 5.56 Å². The van der Waals surface area contributed by atoms with E-state index in [2.05, 4.69) is 9.97 Å². The minimum Gasteiger partial charge on any atom is -0.825 e. The molecule has 2 N–H and O–H groups in total. The second-order valence-electron chi connectivity index (χ2n) is 5.35. The first-order chi connectivity index (χ1) is 13.0. The maximum Gasteiger partial charge on any atom is 1.00 e. The Bertz CT molecular complexity index is 1230. The Morgan fingerprint density at radius 3 is 2.66 bits per heavy atom. The molecular weight excluding hydrogens is 435 g/mol. The number of nitrogens with two attached hydrogens (primary N) is 1. The molecule has 0 aliphatic heterocycles. The van der Waals surface area contributed by atoms with Crippen LogP contribution >= 0.6 is 19.9 Å². The van der Waals surface area contributed by atoms with Gasteiger partial charge in [0.1, 0.15) is 11.8 Å². The summed E-state index contributed by atoms with van der Waals surface area (Å²) < 4.78 is 6.22. The fraction of sp³-hybridized carbons (Fsp3) is 0. The average molecular weight is 443 g/mol. The largest absolute Gasteiger partial charge is 1.00 e. The molecule has 4 aromatic rings. The summed E-state index contributed by atoms with van der Waals surface area (Å²) in [6, 6.07) is 8.48. The fourth-order valence-electron chi connectivity index (χ4n) is 2.59. The number of nitrogens with zero attached hydrogens (tertiary/aromatic N) is 4. The molecule has 4 rings (SSSR count). The molecule has 134 valence electrons. The zero-order chi connectivity index (χ0) is 19.1. The molecule has 13 heteroatoms. The van der Waals surface area contributed by atoms with Crippen molar-refractivity contribution in [1.82, 2.24) is 14.3 Å². The van der Waals surface area contributed by atoms with Crippen molar-refractivity contribution >= 4 is 42.4 Å². The van der Waals surface area contributed by atoms with E-state index in [1.807, 2.05) is 0 Å². The molecule has 0 aliphatic carbocycles. The quantitative estimate of drug-likeness (QED) is 0.187. The van der Waals surface area contributed by atoms with E-state index in [4.69, 9.17) is 15.4 Å². The maximum atomic E-state index is 12.9. The molecule has 0 saturated heterocycles. The van der Waals surface area contributed by atoms with Gasteiger partial charge in [0.15, 0.2) is 5.01 Å². The standard InChI is InChI=1S/C16H8N5O4PS.2Na/c17-5-10-14(18)25-15(19-10)11-7-27-16(20-11)13(22)9-6-21(26(23)24)12-4-2-1-3-8(9)12;;/h1-4,6-7H,18H2;;/q-2;2*+1. The first kappa shape index (κ1) is 24.2. The predicted molar refractivity (Wildman–Crippen MR) is 94.4 cm³/mol. The van der Waals surface area contributed by atoms with E-state index in [-0.39, 0.29) is 92.8 Å². The molecule has 0 fully saturated rings. The van der Waals surface area contributed by atoms with Crippen LogP contribution in [0, 0.1) is 11.3 Å². The Morgan fingerprint density at radius 1 is 1.28 bits per heavy atom. The van der Waals surface area contributed by atoms with Crippen LogP contribution < -0.4 is 74.6 Å². The Kier molecular flexibility index (Phi) is 8.18. The summed E-state index contributed by atoms with van der Waals surface area (Å²) in [5.41, 5.74) is 6.36. The fourth-order valence-corrected chi connectivity index (χ4v) is 3.90. The third kappa shape index (κ3) is 4.50. The number of aromatic nitrogens is 3. The zero-order valence-corrected chi connectivity index (χ0v) is 21.0. The summed E-state index contributed by atoms with van der Waals surface area (Å²) in [6.45, 7) is 0. The van der Waals surface area contributed by atoms with Crippen molar-refractivity contribution in [3.05, 3.63) is 52.1 Å². The predicted octanol–water partition coefficient (Wildman–Crippen LogP) is -4.76. The average Bonchev–Trinajstić information content (AvgIpc) is 3.37. The second kappa shape index (κ2) is 9.81. The van der Waals surface area contributed by atoms with Gasteiger partial charge in [0, 0.05) is 22.5 Å². The molecule has 0 spiro atoms. The van der Waals surface area contributed by atoms with Gasteiger partial charge in [-0.25, -0.2) is 4.98 Å². The van der Waals surface area contributed by atoms with Crippen LogP contribution in [-0.2, 0) is 0 Å². The van der Waals surface area contributed by atoms with Crippen molar-refractivity contribution in [1.29, 1.82) is 5.26 Å². The van der Waals surface area contributed by atoms with Crippen molar-refractivity contribution in [3.8, 4) is 17.7 Å². The number of nitriles is 1. The van der Waals surface area contributed by atoms with E-state index in [9.17, 15) is 14.6 Å². The van der Waals surface area contributed by atoms with Crippen LogP contribution in [0.5, 0.6) is 0 Å². The van der Waals surface area contributed by atoms with Gasteiger partial charge in [-0.2, -0.15) is 18.8 Å². The maximum absolute atomic E-state index is 12.9. The van der Waals surface area contributed by atoms with Crippen LogP contribution in [0.25, 0.3) is 22.5 Å². The normalized spacial score (nSPS) is 10.4. The van der Waals surface area contributed by atoms with Crippen LogP contribution in [0.1, 0.15) is 21.1 Å². The first-order valence-corrected chi connectivity index (χ1v) is 9.42. The second-order valence-corrected chi connectivity index (χ2v) is 7.12. The van der Waals surface area contributed by atoms with E-state index in [1.165, 1.54) is 6.20 Å². The number of rotatable bonds is 4. The minimum atomic E-state index is -2.92. The molecule has 0 amide bonds. The van der Waals surface area contributed by atoms with E-state index in [0.717, 1.165) is 15.7 Å². The molecule has 9 nitrogen and oxygen atoms in total. The smallest absolute Gasteiger partial charge is 0.825 e. The Balaban J connectivity index is 0.00000150. The summed E-state index contributed by atoms with van der Waals surface area (Å²) >= 11 is 1.05. The number of carbonyl (C=O) groups excluding carboxylic acids is 1. The number of hydrogen-bond acceptors (Lipinski definition) is 9. The van der Waals surface area contributed by atoms with Crippen molar-refractivity contribution in [3.63, 3.8) is 0 Å². The number of nitrogen functional groups attached to an aromatic ring is 1. The van der Waals surface area contributed by atoms with Crippen LogP contribution in [0.15, 0.2) is 40.3 Å². The topological polar surface area (TPSA) is 157 Å². The number of oxazole rings is 1. The summed E-state index contributed by atoms with van der Waals surface area (Å²) in [5.74, 6) is -0.529. The molecular formula is C16H8N5Na2O4PS. The molecule has 0 saturated carbocycles. The zero-order valence-electron chi connectivity index (χ0n) is 15.3. The Labute approximate surface area is 213 Å². The number of para-hydroxylation sites is 1. The van der Waals surface area contributed by atoms with Crippen molar-refractivity contribution in [2.75, 3.05) is 5.73 Å². The van der Waals surface area contributed by atoms with Crippen molar-refractivity contribution in [2.24, 2.45) is 0 Å². The monoisotopic (exact) mass is 443 g/mol. The summed E-state index contributed by atoms with van der Waals surface area (Å²) in [7, 11) is -2.92. The molecule has 3 heterocycles. The third-order valence-corrected chi connectivity index (χ3v) is 5.31. The SMILES string of the molecule is N#Cc1nc(-c2csc(C(=O)c3cn(P([O-])[O-])c4ccccc34)n2)oc1N.[Na+].[Na+]. The van der Waals surface area contributed by atoms with Gasteiger partial charge in [0.2, 0.25) is 23.3 Å². The number of anilines is 1. The molecule has 0 bridgehead atoms. The number of benzene rings is 1. The molecule has 3 aromatic heterocycles. The Morgan fingerprint density at radius 2 is 2.00 bits per heavy atom. The van der Waals surface area contributed by atoms with Crippen LogP contribution in [0.3, 0.4) is 0 Å². The molecule has 1 aromatic carbocycles. The van der Waals surface area contributed by atoms with E-state index < -0.39 is 14.3 Å². The van der Waals surface area contributed by atoms with Gasteiger partial charge in [-0.3, -0.25) is 4.79 Å². The first-order valence-electron chi connectivity index (χ1n) is 7.41. The van der Waals surface area contributed by atoms with Crippen LogP contribution in [0.4, 0.5) is 5.88 Å². The number of thiazole rings is 1. The molecule has 0 aliphatic rings. The van der Waals surface area contributed by atoms with Crippen molar-refractivity contribution in [2.45, 2.75) is 0 Å². The van der Waals surface area contributed by atoms with Gasteiger partial charge >= 0.3 is 59.1 Å². The molecule has 0 radical (unpaired) electrons. The summed E-state index contributed by atoms with van der Waals surface area (Å²) in [4.78, 5) is 43.9. The van der Waals surface area contributed by atoms with E-state index in [0.29, 0.717) is 10.9 Å². The van der Waals surface area contributed by atoms with Gasteiger partial charge in [-0.1, -0.05) is 18.2 Å². The van der Waals surface area contributed by atoms with E-state index in [1.54, 1.807) is 35.7 Å². The summed E-state index contributed by atoms with van der Waals surface area (Å²) in [6.07, 6.45) is 1.27. The number of hydrogen-bond donors (Lipinski definition) is 1. The molecule has 0 unspecified atom stereocenters. The van der Waals surface area contributed by atoms with Gasteiger partial charge in [-0.15, -0.1) is 11.3 Å². The minimum absolute atomic E-state index is 0. The van der Waals surface area contributed by atoms with Crippen LogP contribution in [-0.4, -0.2) is 20.1 Å².